The van der Waals surface area contributed by atoms with Gasteiger partial charge < -0.3 is 4.74 Å². The van der Waals surface area contributed by atoms with Crippen molar-refractivity contribution in [3.63, 3.8) is 0 Å². The molecule has 0 saturated heterocycles. The fourth-order valence-corrected chi connectivity index (χ4v) is 1.21. The lowest BCUT2D eigenvalue weighted by Crippen LogP contribution is -2.24. The normalized spacial score (nSPS) is 28.7. The number of carbonyl (C=O) groups excluding carboxylic acids is 2. The van der Waals surface area contributed by atoms with Gasteiger partial charge in [-0.2, -0.15) is 0 Å². The van der Waals surface area contributed by atoms with E-state index in [2.05, 4.69) is 0 Å². The van der Waals surface area contributed by atoms with E-state index in [-0.39, 0.29) is 23.8 Å². The molecule has 0 aliphatic heterocycles. The highest BCUT2D eigenvalue weighted by atomic mass is 16.5. The van der Waals surface area contributed by atoms with Crippen molar-refractivity contribution < 1.29 is 14.3 Å². The molecule has 1 aliphatic carbocycles. The Morgan fingerprint density at radius 1 is 1.67 bits per heavy atom. The zero-order chi connectivity index (χ0) is 9.14. The number of ether oxygens (including phenoxy) is 1. The molecular formula is C9H12O3. The lowest BCUT2D eigenvalue weighted by atomic mass is 9.93. The number of allylic oxidation sites excluding steroid dienone is 1. The number of ketones is 1. The minimum atomic E-state index is -0.300. The Bertz CT molecular complexity index is 230. The summed E-state index contributed by atoms with van der Waals surface area (Å²) in [4.78, 5) is 21.6. The Labute approximate surface area is 71.4 Å². The summed E-state index contributed by atoms with van der Waals surface area (Å²) in [6.45, 7) is 3.21. The maximum atomic E-state index is 11.0. The molecule has 0 saturated carbocycles. The van der Waals surface area contributed by atoms with Crippen molar-refractivity contribution in [3.8, 4) is 0 Å². The molecule has 3 heteroatoms. The molecule has 0 bridgehead atoms. The molecule has 0 aromatic rings. The number of hydrogen-bond donors (Lipinski definition) is 0. The Hall–Kier alpha value is -1.12. The third-order valence-electron chi connectivity index (χ3n) is 1.86. The second kappa shape index (κ2) is 3.52. The molecule has 3 nitrogen and oxygen atoms in total. The van der Waals surface area contributed by atoms with Gasteiger partial charge in [-0.1, -0.05) is 6.92 Å². The van der Waals surface area contributed by atoms with Crippen molar-refractivity contribution in [2.75, 3.05) is 0 Å². The van der Waals surface area contributed by atoms with E-state index in [1.54, 1.807) is 6.08 Å². The van der Waals surface area contributed by atoms with Gasteiger partial charge in [0.15, 0.2) is 5.78 Å². The second-order valence-electron chi connectivity index (χ2n) is 3.05. The summed E-state index contributed by atoms with van der Waals surface area (Å²) in [6, 6.07) is 0. The van der Waals surface area contributed by atoms with Gasteiger partial charge in [-0.15, -0.1) is 0 Å². The van der Waals surface area contributed by atoms with Gasteiger partial charge in [0.05, 0.1) is 0 Å². The molecule has 0 fully saturated rings. The van der Waals surface area contributed by atoms with Gasteiger partial charge >= 0.3 is 5.97 Å². The predicted octanol–water partition coefficient (Wildman–Crippen LogP) is 1.08. The molecule has 0 amide bonds. The number of hydrogen-bond acceptors (Lipinski definition) is 3. The summed E-state index contributed by atoms with van der Waals surface area (Å²) in [5, 5.41) is 0. The lowest BCUT2D eigenvalue weighted by molar-refractivity contribution is -0.145. The zero-order valence-electron chi connectivity index (χ0n) is 7.24. The summed E-state index contributed by atoms with van der Waals surface area (Å²) < 4.78 is 4.93. The van der Waals surface area contributed by atoms with Gasteiger partial charge in [-0.05, 0) is 18.6 Å². The van der Waals surface area contributed by atoms with Gasteiger partial charge in [0.25, 0.3) is 0 Å². The first-order chi connectivity index (χ1) is 5.59. The average molecular weight is 168 g/mol. The molecule has 0 radical (unpaired) electrons. The average Bonchev–Trinajstić information content (AvgIpc) is 1.96. The van der Waals surface area contributed by atoms with Crippen LogP contribution in [0.15, 0.2) is 12.2 Å². The van der Waals surface area contributed by atoms with Crippen LogP contribution in [0.1, 0.15) is 20.3 Å². The van der Waals surface area contributed by atoms with Crippen molar-refractivity contribution >= 4 is 11.8 Å². The Kier molecular flexibility index (Phi) is 2.63. The van der Waals surface area contributed by atoms with Crippen LogP contribution in [0.5, 0.6) is 0 Å². The van der Waals surface area contributed by atoms with Crippen molar-refractivity contribution in [3.05, 3.63) is 12.2 Å². The van der Waals surface area contributed by atoms with Crippen LogP contribution in [0, 0.1) is 5.92 Å². The van der Waals surface area contributed by atoms with E-state index in [4.69, 9.17) is 4.74 Å². The molecule has 66 valence electrons. The SMILES string of the molecule is CC(=O)OC1C=CC(=O)C(C)C1. The highest BCUT2D eigenvalue weighted by Crippen LogP contribution is 2.17. The van der Waals surface area contributed by atoms with E-state index in [1.165, 1.54) is 13.0 Å². The van der Waals surface area contributed by atoms with Crippen molar-refractivity contribution in [1.29, 1.82) is 0 Å². The monoisotopic (exact) mass is 168 g/mol. The molecule has 0 aromatic carbocycles. The minimum Gasteiger partial charge on any atom is -0.458 e. The summed E-state index contributed by atoms with van der Waals surface area (Å²) in [5.41, 5.74) is 0. The van der Waals surface area contributed by atoms with Crippen molar-refractivity contribution in [1.82, 2.24) is 0 Å². The smallest absolute Gasteiger partial charge is 0.303 e. The van der Waals surface area contributed by atoms with Gasteiger partial charge in [-0.25, -0.2) is 0 Å². The fraction of sp³-hybridized carbons (Fsp3) is 0.556. The summed E-state index contributed by atoms with van der Waals surface area (Å²) in [7, 11) is 0. The number of rotatable bonds is 1. The van der Waals surface area contributed by atoms with Gasteiger partial charge in [-0.3, -0.25) is 9.59 Å². The van der Waals surface area contributed by atoms with Crippen LogP contribution in [0.2, 0.25) is 0 Å². The van der Waals surface area contributed by atoms with Gasteiger partial charge in [0.1, 0.15) is 6.10 Å². The van der Waals surface area contributed by atoms with Crippen molar-refractivity contribution in [2.24, 2.45) is 5.92 Å². The third-order valence-corrected chi connectivity index (χ3v) is 1.86. The Morgan fingerprint density at radius 3 is 2.83 bits per heavy atom. The number of carbonyl (C=O) groups is 2. The zero-order valence-corrected chi connectivity index (χ0v) is 7.24. The van der Waals surface area contributed by atoms with Crippen LogP contribution in [0.25, 0.3) is 0 Å². The largest absolute Gasteiger partial charge is 0.458 e. The predicted molar refractivity (Wildman–Crippen MR) is 43.5 cm³/mol. The summed E-state index contributed by atoms with van der Waals surface area (Å²) in [5.74, 6) is -0.219. The molecule has 0 aromatic heterocycles. The first-order valence-electron chi connectivity index (χ1n) is 3.99. The fourth-order valence-electron chi connectivity index (χ4n) is 1.21. The van der Waals surface area contributed by atoms with Crippen molar-refractivity contribution in [2.45, 2.75) is 26.4 Å². The number of esters is 1. The molecule has 0 heterocycles. The van der Waals surface area contributed by atoms with Gasteiger partial charge in [0, 0.05) is 12.8 Å². The molecule has 1 rings (SSSR count). The highest BCUT2D eigenvalue weighted by Gasteiger charge is 2.21. The van der Waals surface area contributed by atoms with Crippen LogP contribution in [-0.4, -0.2) is 17.9 Å². The maximum Gasteiger partial charge on any atom is 0.303 e. The molecule has 1 aliphatic rings. The van der Waals surface area contributed by atoms with E-state index in [1.807, 2.05) is 6.92 Å². The standard InChI is InChI=1S/C9H12O3/c1-6-5-8(12-7(2)10)3-4-9(6)11/h3-4,6,8H,5H2,1-2H3. The first-order valence-corrected chi connectivity index (χ1v) is 3.99. The Morgan fingerprint density at radius 2 is 2.33 bits per heavy atom. The topological polar surface area (TPSA) is 43.4 Å². The quantitative estimate of drug-likeness (QED) is 0.550. The highest BCUT2D eigenvalue weighted by molar-refractivity contribution is 5.92. The third kappa shape index (κ3) is 2.19. The van der Waals surface area contributed by atoms with E-state index >= 15 is 0 Å². The van der Waals surface area contributed by atoms with E-state index < -0.39 is 0 Å². The van der Waals surface area contributed by atoms with Crippen LogP contribution in [0.3, 0.4) is 0 Å². The van der Waals surface area contributed by atoms with Gasteiger partial charge in [0.2, 0.25) is 0 Å². The van der Waals surface area contributed by atoms with Crippen LogP contribution < -0.4 is 0 Å². The molecule has 0 N–H and O–H groups in total. The van der Waals surface area contributed by atoms with E-state index in [9.17, 15) is 9.59 Å². The molecule has 2 unspecified atom stereocenters. The summed E-state index contributed by atoms with van der Waals surface area (Å²) in [6.07, 6.45) is 3.52. The Balaban J connectivity index is 2.55. The van der Waals surface area contributed by atoms with Crippen LogP contribution in [0.4, 0.5) is 0 Å². The van der Waals surface area contributed by atoms with Crippen LogP contribution >= 0.6 is 0 Å². The minimum absolute atomic E-state index is 0.0284. The van der Waals surface area contributed by atoms with E-state index in [0.717, 1.165) is 0 Å². The molecule has 0 spiro atoms. The lowest BCUT2D eigenvalue weighted by Gasteiger charge is -2.20. The molecule has 2 atom stereocenters. The molecular weight excluding hydrogens is 156 g/mol. The maximum absolute atomic E-state index is 11.0. The molecule has 12 heavy (non-hydrogen) atoms. The van der Waals surface area contributed by atoms with Crippen LogP contribution in [-0.2, 0) is 14.3 Å². The van der Waals surface area contributed by atoms with E-state index in [0.29, 0.717) is 6.42 Å². The second-order valence-corrected chi connectivity index (χ2v) is 3.05. The summed E-state index contributed by atoms with van der Waals surface area (Å²) >= 11 is 0. The first kappa shape index (κ1) is 8.97.